The van der Waals surface area contributed by atoms with E-state index in [0.29, 0.717) is 30.3 Å². The topological polar surface area (TPSA) is 66.5 Å². The van der Waals surface area contributed by atoms with Gasteiger partial charge in [0.2, 0.25) is 0 Å². The van der Waals surface area contributed by atoms with Crippen LogP contribution in [0.5, 0.6) is 0 Å². The lowest BCUT2D eigenvalue weighted by Gasteiger charge is -2.30. The summed E-state index contributed by atoms with van der Waals surface area (Å²) in [5, 5.41) is 2.65. The number of para-hydroxylation sites is 1. The van der Waals surface area contributed by atoms with E-state index in [0.717, 1.165) is 29.7 Å². The third kappa shape index (κ3) is 4.25. The molecular weight excluding hydrogens is 427 g/mol. The first-order valence-corrected chi connectivity index (χ1v) is 12.0. The van der Waals surface area contributed by atoms with Crippen LogP contribution in [0.2, 0.25) is 0 Å². The standard InChI is InChI=1S/C25H25FN2O3S/c1-17(2)18-9-11-20(12-10-18)27-25(29)22-16-21(13-14-23(22)26)32(30,31)28-15-5-7-19-6-3-4-8-24(19)28/h3-4,6,8-14,16-17H,5,7,15H2,1-2H3,(H,27,29). The number of sulfonamides is 1. The van der Waals surface area contributed by atoms with Gasteiger partial charge in [-0.2, -0.15) is 0 Å². The van der Waals surface area contributed by atoms with E-state index in [-0.39, 0.29) is 10.5 Å². The molecule has 0 unspecified atom stereocenters. The van der Waals surface area contributed by atoms with E-state index in [1.165, 1.54) is 10.4 Å². The molecule has 0 spiro atoms. The summed E-state index contributed by atoms with van der Waals surface area (Å²) < 4.78 is 42.6. The smallest absolute Gasteiger partial charge is 0.264 e. The van der Waals surface area contributed by atoms with Gasteiger partial charge in [0, 0.05) is 12.2 Å². The van der Waals surface area contributed by atoms with Crippen LogP contribution in [0.4, 0.5) is 15.8 Å². The summed E-state index contributed by atoms with van der Waals surface area (Å²) in [7, 11) is -3.95. The van der Waals surface area contributed by atoms with Crippen molar-refractivity contribution in [2.45, 2.75) is 37.5 Å². The number of carbonyl (C=O) groups excluding carboxylic acids is 1. The van der Waals surface area contributed by atoms with Gasteiger partial charge in [-0.15, -0.1) is 0 Å². The van der Waals surface area contributed by atoms with E-state index in [4.69, 9.17) is 0 Å². The Labute approximate surface area is 187 Å². The molecule has 32 heavy (non-hydrogen) atoms. The number of hydrogen-bond donors (Lipinski definition) is 1. The predicted molar refractivity (Wildman–Crippen MR) is 124 cm³/mol. The molecule has 1 N–H and O–H groups in total. The molecule has 0 aliphatic carbocycles. The first-order valence-electron chi connectivity index (χ1n) is 10.6. The molecular formula is C25H25FN2O3S. The quantitative estimate of drug-likeness (QED) is 0.568. The number of nitrogens with zero attached hydrogens (tertiary/aromatic N) is 1. The number of fused-ring (bicyclic) bond motifs is 1. The number of nitrogens with one attached hydrogen (secondary N) is 1. The number of hydrogen-bond acceptors (Lipinski definition) is 3. The number of amides is 1. The number of halogens is 1. The van der Waals surface area contributed by atoms with Crippen molar-refractivity contribution in [2.24, 2.45) is 0 Å². The molecule has 0 bridgehead atoms. The van der Waals surface area contributed by atoms with Gasteiger partial charge in [-0.3, -0.25) is 9.10 Å². The van der Waals surface area contributed by atoms with Crippen molar-refractivity contribution in [1.29, 1.82) is 0 Å². The van der Waals surface area contributed by atoms with Crippen LogP contribution in [0.25, 0.3) is 0 Å². The maximum Gasteiger partial charge on any atom is 0.264 e. The lowest BCUT2D eigenvalue weighted by Crippen LogP contribution is -2.35. The van der Waals surface area contributed by atoms with Crippen molar-refractivity contribution >= 4 is 27.3 Å². The SMILES string of the molecule is CC(C)c1ccc(NC(=O)c2cc(S(=O)(=O)N3CCCc4ccccc43)ccc2F)cc1. The van der Waals surface area contributed by atoms with Crippen LogP contribution in [0, 0.1) is 5.82 Å². The van der Waals surface area contributed by atoms with Crippen LogP contribution in [-0.2, 0) is 16.4 Å². The maximum atomic E-state index is 14.5. The van der Waals surface area contributed by atoms with E-state index in [1.807, 2.05) is 24.3 Å². The van der Waals surface area contributed by atoms with Crippen LogP contribution in [0.15, 0.2) is 71.6 Å². The highest BCUT2D eigenvalue weighted by Crippen LogP contribution is 2.32. The molecule has 5 nitrogen and oxygen atoms in total. The minimum atomic E-state index is -3.95. The first-order chi connectivity index (χ1) is 15.3. The Kier molecular flexibility index (Phi) is 6.02. The number of rotatable bonds is 5. The van der Waals surface area contributed by atoms with Gasteiger partial charge in [-0.05, 0) is 66.3 Å². The van der Waals surface area contributed by atoms with Crippen molar-refractivity contribution in [3.63, 3.8) is 0 Å². The molecule has 1 aliphatic heterocycles. The average molecular weight is 453 g/mol. The van der Waals surface area contributed by atoms with Crippen molar-refractivity contribution in [2.75, 3.05) is 16.2 Å². The van der Waals surface area contributed by atoms with Crippen molar-refractivity contribution in [3.8, 4) is 0 Å². The molecule has 0 saturated heterocycles. The van der Waals surface area contributed by atoms with Crippen LogP contribution in [0.1, 0.15) is 47.7 Å². The van der Waals surface area contributed by atoms with Gasteiger partial charge in [0.25, 0.3) is 15.9 Å². The fraction of sp³-hybridized carbons (Fsp3) is 0.240. The summed E-state index contributed by atoms with van der Waals surface area (Å²) >= 11 is 0. The number of carbonyl (C=O) groups is 1. The summed E-state index contributed by atoms with van der Waals surface area (Å²) in [5.41, 5.74) is 2.89. The summed E-state index contributed by atoms with van der Waals surface area (Å²) in [4.78, 5) is 12.6. The minimum absolute atomic E-state index is 0.115. The number of anilines is 2. The van der Waals surface area contributed by atoms with Crippen LogP contribution in [0.3, 0.4) is 0 Å². The monoisotopic (exact) mass is 452 g/mol. The lowest BCUT2D eigenvalue weighted by molar-refractivity contribution is 0.102. The summed E-state index contributed by atoms with van der Waals surface area (Å²) in [6.45, 7) is 4.46. The third-order valence-electron chi connectivity index (χ3n) is 5.67. The zero-order valence-electron chi connectivity index (χ0n) is 18.0. The summed E-state index contributed by atoms with van der Waals surface area (Å²) in [5.74, 6) is -1.13. The molecule has 0 atom stereocenters. The zero-order chi connectivity index (χ0) is 22.9. The van der Waals surface area contributed by atoms with E-state index in [2.05, 4.69) is 19.2 Å². The average Bonchev–Trinajstić information content (AvgIpc) is 2.79. The largest absolute Gasteiger partial charge is 0.322 e. The number of benzene rings is 3. The molecule has 3 aromatic carbocycles. The Morgan fingerprint density at radius 2 is 1.75 bits per heavy atom. The number of aryl methyl sites for hydroxylation is 1. The Morgan fingerprint density at radius 1 is 1.03 bits per heavy atom. The summed E-state index contributed by atoms with van der Waals surface area (Å²) in [6, 6.07) is 18.0. The second-order valence-corrected chi connectivity index (χ2v) is 10.0. The van der Waals surface area contributed by atoms with E-state index in [9.17, 15) is 17.6 Å². The highest BCUT2D eigenvalue weighted by molar-refractivity contribution is 7.92. The lowest BCUT2D eigenvalue weighted by atomic mass is 10.0. The first kappa shape index (κ1) is 22.0. The molecule has 1 heterocycles. The Morgan fingerprint density at radius 3 is 2.47 bits per heavy atom. The second-order valence-electron chi connectivity index (χ2n) is 8.18. The Balaban J connectivity index is 1.63. The molecule has 0 radical (unpaired) electrons. The molecule has 0 fully saturated rings. The predicted octanol–water partition coefficient (Wildman–Crippen LogP) is 5.34. The van der Waals surface area contributed by atoms with Crippen LogP contribution >= 0.6 is 0 Å². The second kappa shape index (κ2) is 8.74. The Bertz CT molecular complexity index is 1250. The zero-order valence-corrected chi connectivity index (χ0v) is 18.8. The van der Waals surface area contributed by atoms with Crippen molar-refractivity contribution < 1.29 is 17.6 Å². The molecule has 3 aromatic rings. The summed E-state index contributed by atoms with van der Waals surface area (Å²) in [6.07, 6.45) is 1.49. The fourth-order valence-electron chi connectivity index (χ4n) is 3.86. The molecule has 1 aliphatic rings. The maximum absolute atomic E-state index is 14.5. The molecule has 4 rings (SSSR count). The van der Waals surface area contributed by atoms with Gasteiger partial charge in [-0.1, -0.05) is 44.2 Å². The van der Waals surface area contributed by atoms with E-state index in [1.54, 1.807) is 24.3 Å². The van der Waals surface area contributed by atoms with E-state index >= 15 is 0 Å². The fourth-order valence-corrected chi connectivity index (χ4v) is 5.43. The molecule has 1 amide bonds. The normalized spacial score (nSPS) is 13.7. The van der Waals surface area contributed by atoms with Gasteiger partial charge in [0.1, 0.15) is 5.82 Å². The molecule has 166 valence electrons. The minimum Gasteiger partial charge on any atom is -0.322 e. The van der Waals surface area contributed by atoms with Crippen LogP contribution in [-0.4, -0.2) is 20.9 Å². The van der Waals surface area contributed by atoms with Crippen molar-refractivity contribution in [3.05, 3.63) is 89.2 Å². The van der Waals surface area contributed by atoms with Gasteiger partial charge >= 0.3 is 0 Å². The Hall–Kier alpha value is -3.19. The van der Waals surface area contributed by atoms with Gasteiger partial charge < -0.3 is 5.32 Å². The van der Waals surface area contributed by atoms with Gasteiger partial charge in [-0.25, -0.2) is 12.8 Å². The highest BCUT2D eigenvalue weighted by atomic mass is 32.2. The highest BCUT2D eigenvalue weighted by Gasteiger charge is 2.30. The third-order valence-corrected chi connectivity index (χ3v) is 7.48. The van der Waals surface area contributed by atoms with E-state index < -0.39 is 21.7 Å². The van der Waals surface area contributed by atoms with Gasteiger partial charge in [0.05, 0.1) is 16.1 Å². The van der Waals surface area contributed by atoms with Gasteiger partial charge in [0.15, 0.2) is 0 Å². The van der Waals surface area contributed by atoms with Crippen molar-refractivity contribution in [1.82, 2.24) is 0 Å². The molecule has 0 saturated carbocycles. The van der Waals surface area contributed by atoms with Crippen LogP contribution < -0.4 is 9.62 Å². The molecule has 0 aromatic heterocycles. The molecule has 7 heteroatoms.